The van der Waals surface area contributed by atoms with Crippen LogP contribution in [0.15, 0.2) is 48.7 Å². The summed E-state index contributed by atoms with van der Waals surface area (Å²) < 4.78 is 7.29. The second-order valence-electron chi connectivity index (χ2n) is 6.10. The third-order valence-electron chi connectivity index (χ3n) is 4.00. The van der Waals surface area contributed by atoms with Gasteiger partial charge in [-0.3, -0.25) is 24.8 Å². The zero-order valence-corrected chi connectivity index (χ0v) is 16.2. The summed E-state index contributed by atoms with van der Waals surface area (Å²) in [6.45, 7) is 3.59. The molecule has 2 N–H and O–H groups in total. The van der Waals surface area contributed by atoms with Crippen LogP contribution in [0.4, 0.5) is 0 Å². The number of nitrogens with one attached hydrogen (secondary N) is 2. The molecule has 144 valence electrons. The first-order valence-electron chi connectivity index (χ1n) is 8.54. The average Bonchev–Trinajstić information content (AvgIpc) is 2.99. The first-order chi connectivity index (χ1) is 13.5. The molecule has 0 bridgehead atoms. The number of ether oxygens (including phenoxy) is 1. The Bertz CT molecular complexity index is 1040. The fourth-order valence-electron chi connectivity index (χ4n) is 2.66. The standard InChI is InChI=1S/C20H19ClN4O3/c1-13-6-5-7-14(2)19(13)28-12-18(27)24-23-17(26)10-9-15-20(21)22-16-8-3-4-11-25(15)16/h3-11H,12H2,1-2H3,(H,23,26)(H,24,27)/b10-9+. The van der Waals surface area contributed by atoms with Crippen LogP contribution in [0.25, 0.3) is 11.7 Å². The van der Waals surface area contributed by atoms with Gasteiger partial charge in [0.2, 0.25) is 0 Å². The van der Waals surface area contributed by atoms with E-state index in [0.29, 0.717) is 17.1 Å². The smallest absolute Gasteiger partial charge is 0.276 e. The molecule has 0 aliphatic heterocycles. The number of carbonyl (C=O) groups is 2. The Morgan fingerprint density at radius 3 is 2.64 bits per heavy atom. The van der Waals surface area contributed by atoms with Crippen LogP contribution in [-0.4, -0.2) is 27.8 Å². The number of pyridine rings is 1. The van der Waals surface area contributed by atoms with Crippen LogP contribution in [0.3, 0.4) is 0 Å². The second-order valence-corrected chi connectivity index (χ2v) is 6.46. The summed E-state index contributed by atoms with van der Waals surface area (Å²) in [5.41, 5.74) is 7.71. The quantitative estimate of drug-likeness (QED) is 0.511. The molecule has 0 saturated carbocycles. The highest BCUT2D eigenvalue weighted by Gasteiger charge is 2.09. The van der Waals surface area contributed by atoms with Crippen molar-refractivity contribution in [1.29, 1.82) is 0 Å². The van der Waals surface area contributed by atoms with Crippen LogP contribution in [0.5, 0.6) is 5.75 Å². The van der Waals surface area contributed by atoms with Gasteiger partial charge in [-0.1, -0.05) is 35.9 Å². The summed E-state index contributed by atoms with van der Waals surface area (Å²) in [5.74, 6) is -0.328. The summed E-state index contributed by atoms with van der Waals surface area (Å²) in [7, 11) is 0. The number of halogens is 1. The van der Waals surface area contributed by atoms with Crippen LogP contribution in [0, 0.1) is 13.8 Å². The SMILES string of the molecule is Cc1cccc(C)c1OCC(=O)NNC(=O)/C=C/c1c(Cl)nc2ccccn12. The molecule has 2 amide bonds. The Hall–Kier alpha value is -3.32. The first kappa shape index (κ1) is 19.4. The number of hydrogen-bond donors (Lipinski definition) is 2. The Balaban J connectivity index is 1.53. The minimum Gasteiger partial charge on any atom is -0.483 e. The minimum absolute atomic E-state index is 0.214. The van der Waals surface area contributed by atoms with E-state index >= 15 is 0 Å². The lowest BCUT2D eigenvalue weighted by molar-refractivity contribution is -0.128. The number of para-hydroxylation sites is 1. The zero-order chi connectivity index (χ0) is 20.1. The molecule has 8 heteroatoms. The molecule has 0 unspecified atom stereocenters. The highest BCUT2D eigenvalue weighted by Crippen LogP contribution is 2.22. The highest BCUT2D eigenvalue weighted by atomic mass is 35.5. The predicted octanol–water partition coefficient (Wildman–Crippen LogP) is 2.84. The lowest BCUT2D eigenvalue weighted by Crippen LogP contribution is -2.43. The topological polar surface area (TPSA) is 84.7 Å². The monoisotopic (exact) mass is 398 g/mol. The number of nitrogens with zero attached hydrogens (tertiary/aromatic N) is 2. The fourth-order valence-corrected chi connectivity index (χ4v) is 2.90. The number of hydrogen-bond acceptors (Lipinski definition) is 4. The van der Waals surface area contributed by atoms with Crippen molar-refractivity contribution in [3.63, 3.8) is 0 Å². The third-order valence-corrected chi connectivity index (χ3v) is 4.27. The molecule has 28 heavy (non-hydrogen) atoms. The molecule has 3 aromatic rings. The predicted molar refractivity (Wildman–Crippen MR) is 107 cm³/mol. The molecule has 3 rings (SSSR count). The van der Waals surface area contributed by atoms with Crippen LogP contribution in [0.2, 0.25) is 5.15 Å². The number of benzene rings is 1. The van der Waals surface area contributed by atoms with Gasteiger partial charge in [0, 0.05) is 12.3 Å². The molecular formula is C20H19ClN4O3. The summed E-state index contributed by atoms with van der Waals surface area (Å²) in [5, 5.41) is 0.279. The first-order valence-corrected chi connectivity index (χ1v) is 8.92. The molecule has 0 saturated heterocycles. The van der Waals surface area contributed by atoms with E-state index in [1.165, 1.54) is 12.2 Å². The van der Waals surface area contributed by atoms with Crippen LogP contribution in [-0.2, 0) is 9.59 Å². The second kappa shape index (κ2) is 8.58. The number of amides is 2. The van der Waals surface area contributed by atoms with Crippen molar-refractivity contribution in [1.82, 2.24) is 20.2 Å². The number of hydrazine groups is 1. The van der Waals surface area contributed by atoms with Crippen molar-refractivity contribution < 1.29 is 14.3 Å². The maximum atomic E-state index is 11.9. The molecule has 7 nitrogen and oxygen atoms in total. The van der Waals surface area contributed by atoms with Gasteiger partial charge in [0.05, 0.1) is 5.69 Å². The van der Waals surface area contributed by atoms with Crippen LogP contribution < -0.4 is 15.6 Å². The third kappa shape index (κ3) is 4.50. The zero-order valence-electron chi connectivity index (χ0n) is 15.4. The Morgan fingerprint density at radius 2 is 1.89 bits per heavy atom. The van der Waals surface area contributed by atoms with Crippen molar-refractivity contribution >= 4 is 35.1 Å². The maximum absolute atomic E-state index is 11.9. The number of imidazole rings is 1. The molecule has 0 aliphatic rings. The molecule has 2 heterocycles. The van der Waals surface area contributed by atoms with Gasteiger partial charge in [-0.05, 0) is 43.2 Å². The van der Waals surface area contributed by atoms with Crippen molar-refractivity contribution in [2.24, 2.45) is 0 Å². The van der Waals surface area contributed by atoms with E-state index in [-0.39, 0.29) is 11.8 Å². The van der Waals surface area contributed by atoms with Gasteiger partial charge in [0.1, 0.15) is 11.4 Å². The van der Waals surface area contributed by atoms with Gasteiger partial charge in [-0.2, -0.15) is 0 Å². The van der Waals surface area contributed by atoms with E-state index in [4.69, 9.17) is 16.3 Å². The van der Waals surface area contributed by atoms with E-state index in [1.54, 1.807) is 16.7 Å². The van der Waals surface area contributed by atoms with Crippen molar-refractivity contribution in [2.45, 2.75) is 13.8 Å². The summed E-state index contributed by atoms with van der Waals surface area (Å²) in [4.78, 5) is 28.0. The van der Waals surface area contributed by atoms with Crippen molar-refractivity contribution in [2.75, 3.05) is 6.61 Å². The number of aromatic nitrogens is 2. The fraction of sp³-hybridized carbons (Fsp3) is 0.150. The molecule has 0 spiro atoms. The molecule has 0 aliphatic carbocycles. The van der Waals surface area contributed by atoms with E-state index in [9.17, 15) is 9.59 Å². The van der Waals surface area contributed by atoms with Crippen LogP contribution in [0.1, 0.15) is 16.8 Å². The van der Waals surface area contributed by atoms with Gasteiger partial charge >= 0.3 is 0 Å². The van der Waals surface area contributed by atoms with Gasteiger partial charge in [0.25, 0.3) is 11.8 Å². The minimum atomic E-state index is -0.512. The lowest BCUT2D eigenvalue weighted by Gasteiger charge is -2.11. The summed E-state index contributed by atoms with van der Waals surface area (Å²) in [6.07, 6.45) is 4.57. The lowest BCUT2D eigenvalue weighted by atomic mass is 10.1. The molecule has 2 aromatic heterocycles. The van der Waals surface area contributed by atoms with Gasteiger partial charge in [-0.25, -0.2) is 4.98 Å². The Morgan fingerprint density at radius 1 is 1.14 bits per heavy atom. The maximum Gasteiger partial charge on any atom is 0.276 e. The molecule has 0 fully saturated rings. The molecule has 1 aromatic carbocycles. The van der Waals surface area contributed by atoms with Crippen molar-refractivity contribution in [3.8, 4) is 5.75 Å². The van der Waals surface area contributed by atoms with E-state index < -0.39 is 11.8 Å². The largest absolute Gasteiger partial charge is 0.483 e. The van der Waals surface area contributed by atoms with E-state index in [2.05, 4.69) is 15.8 Å². The van der Waals surface area contributed by atoms with Gasteiger partial charge in [0.15, 0.2) is 11.8 Å². The van der Waals surface area contributed by atoms with Crippen molar-refractivity contribution in [3.05, 3.63) is 70.6 Å². The average molecular weight is 399 g/mol. The van der Waals surface area contributed by atoms with Gasteiger partial charge < -0.3 is 4.74 Å². The molecule has 0 atom stereocenters. The Kier molecular flexibility index (Phi) is 5.96. The number of carbonyl (C=O) groups excluding carboxylic acids is 2. The number of aryl methyl sites for hydroxylation is 2. The van der Waals surface area contributed by atoms with E-state index in [1.807, 2.05) is 44.2 Å². The van der Waals surface area contributed by atoms with Gasteiger partial charge in [-0.15, -0.1) is 0 Å². The number of rotatable bonds is 5. The number of fused-ring (bicyclic) bond motifs is 1. The molecule has 0 radical (unpaired) electrons. The Labute approximate surface area is 167 Å². The summed E-state index contributed by atoms with van der Waals surface area (Å²) >= 11 is 6.10. The summed E-state index contributed by atoms with van der Waals surface area (Å²) in [6, 6.07) is 11.2. The normalized spacial score (nSPS) is 11.0. The van der Waals surface area contributed by atoms with Crippen LogP contribution >= 0.6 is 11.6 Å². The molecular weight excluding hydrogens is 380 g/mol. The highest BCUT2D eigenvalue weighted by molar-refractivity contribution is 6.31. The van der Waals surface area contributed by atoms with E-state index in [0.717, 1.165) is 11.1 Å².